The quantitative estimate of drug-likeness (QED) is 0.660. The van der Waals surface area contributed by atoms with Gasteiger partial charge in [0.15, 0.2) is 0 Å². The number of hydrogen-bond acceptors (Lipinski definition) is 3. The van der Waals surface area contributed by atoms with E-state index in [4.69, 9.17) is 0 Å². The van der Waals surface area contributed by atoms with Gasteiger partial charge in [0.1, 0.15) is 6.17 Å². The molecular formula is C19H17N3O. The minimum absolute atomic E-state index is 0.00174. The van der Waals surface area contributed by atoms with Crippen LogP contribution in [-0.4, -0.2) is 5.91 Å². The predicted molar refractivity (Wildman–Crippen MR) is 94.7 cm³/mol. The van der Waals surface area contributed by atoms with Crippen molar-refractivity contribution in [2.24, 2.45) is 0 Å². The first-order valence-electron chi connectivity index (χ1n) is 7.63. The Morgan fingerprint density at radius 1 is 0.913 bits per heavy atom. The van der Waals surface area contributed by atoms with E-state index in [0.717, 1.165) is 22.6 Å². The van der Waals surface area contributed by atoms with Gasteiger partial charge >= 0.3 is 0 Å². The molecule has 3 aromatic carbocycles. The van der Waals surface area contributed by atoms with Gasteiger partial charge in [0, 0.05) is 29.4 Å². The fraction of sp³-hybridized carbons (Fsp3) is 0.105. The Morgan fingerprint density at radius 2 is 1.52 bits per heavy atom. The van der Waals surface area contributed by atoms with Crippen molar-refractivity contribution in [3.8, 4) is 0 Å². The van der Waals surface area contributed by atoms with Crippen molar-refractivity contribution < 1.29 is 4.79 Å². The topological polar surface area (TPSA) is 53.2 Å². The van der Waals surface area contributed by atoms with Crippen LogP contribution >= 0.6 is 0 Å². The molecule has 0 radical (unpaired) electrons. The van der Waals surface area contributed by atoms with E-state index < -0.39 is 0 Å². The Bertz CT molecular complexity index is 846. The largest absolute Gasteiger partial charge is 0.361 e. The smallest absolute Gasteiger partial charge is 0.221 e. The molecule has 4 nitrogen and oxygen atoms in total. The average Bonchev–Trinajstić information content (AvgIpc) is 2.55. The summed E-state index contributed by atoms with van der Waals surface area (Å²) in [6.45, 7) is 1.51. The summed E-state index contributed by atoms with van der Waals surface area (Å²) in [6.07, 6.45) is 0.00174. The molecule has 0 spiro atoms. The highest BCUT2D eigenvalue weighted by Gasteiger charge is 2.19. The Morgan fingerprint density at radius 3 is 2.09 bits per heavy atom. The van der Waals surface area contributed by atoms with Crippen molar-refractivity contribution >= 4 is 33.7 Å². The number of carbonyl (C=O) groups excluding carboxylic acids is 1. The number of benzene rings is 3. The standard InChI is InChI=1S/C19H17N3O/c1-12(23)20-15-10-8-14(9-11-15)19-21-16-6-2-4-13-5-3-7-17(22-19)18(13)16/h2-11,19,21-22H,1H3,(H,20,23). The number of nitrogens with one attached hydrogen (secondary N) is 3. The molecule has 1 aliphatic heterocycles. The molecule has 4 rings (SSSR count). The van der Waals surface area contributed by atoms with Crippen LogP contribution in [0.15, 0.2) is 60.7 Å². The molecule has 4 heteroatoms. The first-order valence-corrected chi connectivity index (χ1v) is 7.63. The van der Waals surface area contributed by atoms with Gasteiger partial charge in [-0.1, -0.05) is 36.4 Å². The fourth-order valence-corrected chi connectivity index (χ4v) is 3.06. The van der Waals surface area contributed by atoms with Gasteiger partial charge in [-0.25, -0.2) is 0 Å². The molecule has 3 aromatic rings. The third-order valence-electron chi connectivity index (χ3n) is 4.07. The Hall–Kier alpha value is -3.01. The Kier molecular flexibility index (Phi) is 3.15. The SMILES string of the molecule is CC(=O)Nc1ccc(C2Nc3cccc4cccc(c34)N2)cc1. The lowest BCUT2D eigenvalue weighted by atomic mass is 10.0. The van der Waals surface area contributed by atoms with Crippen LogP contribution < -0.4 is 16.0 Å². The maximum Gasteiger partial charge on any atom is 0.221 e. The molecule has 0 atom stereocenters. The van der Waals surface area contributed by atoms with Crippen LogP contribution in [0.5, 0.6) is 0 Å². The van der Waals surface area contributed by atoms with Gasteiger partial charge in [-0.2, -0.15) is 0 Å². The van der Waals surface area contributed by atoms with Crippen molar-refractivity contribution in [2.45, 2.75) is 13.1 Å². The third-order valence-corrected chi connectivity index (χ3v) is 4.07. The molecule has 0 fully saturated rings. The van der Waals surface area contributed by atoms with E-state index in [0.29, 0.717) is 0 Å². The summed E-state index contributed by atoms with van der Waals surface area (Å²) in [6, 6.07) is 20.4. The second-order valence-electron chi connectivity index (χ2n) is 5.73. The van der Waals surface area contributed by atoms with E-state index in [2.05, 4.69) is 52.3 Å². The minimum atomic E-state index is -0.0627. The molecule has 0 aromatic heterocycles. The summed E-state index contributed by atoms with van der Waals surface area (Å²) < 4.78 is 0. The van der Waals surface area contributed by atoms with Crippen molar-refractivity contribution in [3.63, 3.8) is 0 Å². The van der Waals surface area contributed by atoms with Gasteiger partial charge in [0.2, 0.25) is 5.91 Å². The molecule has 1 aliphatic rings. The molecule has 0 saturated carbocycles. The summed E-state index contributed by atoms with van der Waals surface area (Å²) >= 11 is 0. The van der Waals surface area contributed by atoms with E-state index in [-0.39, 0.29) is 12.1 Å². The molecule has 0 bridgehead atoms. The zero-order chi connectivity index (χ0) is 15.8. The highest BCUT2D eigenvalue weighted by molar-refractivity contribution is 6.04. The molecule has 1 amide bonds. The molecule has 114 valence electrons. The fourth-order valence-electron chi connectivity index (χ4n) is 3.06. The van der Waals surface area contributed by atoms with Gasteiger partial charge in [-0.3, -0.25) is 4.79 Å². The van der Waals surface area contributed by atoms with E-state index in [1.54, 1.807) is 0 Å². The van der Waals surface area contributed by atoms with Crippen LogP contribution in [0.3, 0.4) is 0 Å². The first kappa shape index (κ1) is 13.6. The number of rotatable bonds is 2. The van der Waals surface area contributed by atoms with E-state index in [9.17, 15) is 4.79 Å². The summed E-state index contributed by atoms with van der Waals surface area (Å²) in [7, 11) is 0. The average molecular weight is 303 g/mol. The van der Waals surface area contributed by atoms with Crippen molar-refractivity contribution in [1.29, 1.82) is 0 Å². The lowest BCUT2D eigenvalue weighted by Gasteiger charge is -2.29. The van der Waals surface area contributed by atoms with Crippen molar-refractivity contribution in [2.75, 3.05) is 16.0 Å². The Labute approximate surface area is 134 Å². The number of amides is 1. The summed E-state index contributed by atoms with van der Waals surface area (Å²) in [5.41, 5.74) is 4.19. The van der Waals surface area contributed by atoms with Gasteiger partial charge in [0.25, 0.3) is 0 Å². The van der Waals surface area contributed by atoms with Crippen LogP contribution in [0.4, 0.5) is 17.1 Å². The van der Waals surface area contributed by atoms with Crippen LogP contribution in [0.2, 0.25) is 0 Å². The minimum Gasteiger partial charge on any atom is -0.361 e. The lowest BCUT2D eigenvalue weighted by molar-refractivity contribution is -0.114. The van der Waals surface area contributed by atoms with Crippen molar-refractivity contribution in [1.82, 2.24) is 0 Å². The van der Waals surface area contributed by atoms with Gasteiger partial charge in [-0.15, -0.1) is 0 Å². The zero-order valence-corrected chi connectivity index (χ0v) is 12.8. The normalized spacial score (nSPS) is 13.3. The molecule has 0 saturated heterocycles. The number of carbonyl (C=O) groups is 1. The molecule has 1 heterocycles. The van der Waals surface area contributed by atoms with Crippen LogP contribution in [-0.2, 0) is 4.79 Å². The van der Waals surface area contributed by atoms with Crippen LogP contribution in [0, 0.1) is 0 Å². The second kappa shape index (κ2) is 5.32. The highest BCUT2D eigenvalue weighted by atomic mass is 16.1. The van der Waals surface area contributed by atoms with Crippen molar-refractivity contribution in [3.05, 3.63) is 66.2 Å². The van der Waals surface area contributed by atoms with Crippen LogP contribution in [0.1, 0.15) is 18.7 Å². The second-order valence-corrected chi connectivity index (χ2v) is 5.73. The maximum absolute atomic E-state index is 11.1. The molecular weight excluding hydrogens is 286 g/mol. The summed E-state index contributed by atoms with van der Waals surface area (Å²) in [5.74, 6) is -0.0627. The first-order chi connectivity index (χ1) is 11.2. The number of anilines is 3. The lowest BCUT2D eigenvalue weighted by Crippen LogP contribution is -2.23. The molecule has 23 heavy (non-hydrogen) atoms. The molecule has 0 unspecified atom stereocenters. The Balaban J connectivity index is 1.66. The maximum atomic E-state index is 11.1. The summed E-state index contributed by atoms with van der Waals surface area (Å²) in [4.78, 5) is 11.1. The van der Waals surface area contributed by atoms with Gasteiger partial charge < -0.3 is 16.0 Å². The number of hydrogen-bond donors (Lipinski definition) is 3. The monoisotopic (exact) mass is 303 g/mol. The third kappa shape index (κ3) is 2.48. The molecule has 3 N–H and O–H groups in total. The zero-order valence-electron chi connectivity index (χ0n) is 12.8. The van der Waals surface area contributed by atoms with E-state index >= 15 is 0 Å². The highest BCUT2D eigenvalue weighted by Crippen LogP contribution is 2.38. The van der Waals surface area contributed by atoms with E-state index in [1.807, 2.05) is 24.3 Å². The van der Waals surface area contributed by atoms with Crippen LogP contribution in [0.25, 0.3) is 10.8 Å². The van der Waals surface area contributed by atoms with Gasteiger partial charge in [-0.05, 0) is 35.2 Å². The summed E-state index contributed by atoms with van der Waals surface area (Å²) in [5, 5.41) is 12.3. The molecule has 0 aliphatic carbocycles. The van der Waals surface area contributed by atoms with Gasteiger partial charge in [0.05, 0.1) is 0 Å². The van der Waals surface area contributed by atoms with E-state index in [1.165, 1.54) is 17.7 Å². The predicted octanol–water partition coefficient (Wildman–Crippen LogP) is 4.33.